The molecule has 2 rings (SSSR count). The number of amides is 1. The lowest BCUT2D eigenvalue weighted by molar-refractivity contribution is -0.113. The van der Waals surface area contributed by atoms with Gasteiger partial charge in [-0.15, -0.1) is 16.9 Å². The first kappa shape index (κ1) is 13.7. The van der Waals surface area contributed by atoms with Crippen molar-refractivity contribution in [3.05, 3.63) is 29.1 Å². The van der Waals surface area contributed by atoms with Crippen molar-refractivity contribution in [2.24, 2.45) is 0 Å². The summed E-state index contributed by atoms with van der Waals surface area (Å²) >= 11 is 7.28. The maximum Gasteiger partial charge on any atom is 0.322 e. The second kappa shape index (κ2) is 5.94. The van der Waals surface area contributed by atoms with Gasteiger partial charge in [-0.2, -0.15) is 0 Å². The number of hydrogen-bond acceptors (Lipinski definition) is 6. The quantitative estimate of drug-likeness (QED) is 0.664. The van der Waals surface area contributed by atoms with E-state index < -0.39 is 0 Å². The van der Waals surface area contributed by atoms with Crippen molar-refractivity contribution in [1.82, 2.24) is 10.2 Å². The molecule has 1 heterocycles. The van der Waals surface area contributed by atoms with E-state index in [9.17, 15) is 4.79 Å². The minimum atomic E-state index is -0.257. The van der Waals surface area contributed by atoms with Crippen LogP contribution in [0.15, 0.2) is 27.5 Å². The Kier molecular flexibility index (Phi) is 4.28. The molecule has 0 atom stereocenters. The van der Waals surface area contributed by atoms with E-state index in [1.54, 1.807) is 25.1 Å². The molecule has 3 N–H and O–H groups in total. The van der Waals surface area contributed by atoms with Gasteiger partial charge in [0.2, 0.25) is 11.8 Å². The molecule has 100 valence electrons. The molecule has 0 aliphatic heterocycles. The molecule has 0 saturated heterocycles. The van der Waals surface area contributed by atoms with Gasteiger partial charge in [0.25, 0.3) is 0 Å². The second-order valence-electron chi connectivity index (χ2n) is 3.65. The van der Waals surface area contributed by atoms with Crippen LogP contribution in [0.3, 0.4) is 0 Å². The number of nitrogen functional groups attached to an aromatic ring is 1. The van der Waals surface area contributed by atoms with Crippen LogP contribution in [0.2, 0.25) is 5.02 Å². The van der Waals surface area contributed by atoms with Crippen molar-refractivity contribution in [3.63, 3.8) is 0 Å². The van der Waals surface area contributed by atoms with E-state index in [0.717, 1.165) is 4.90 Å². The Morgan fingerprint density at radius 3 is 3.00 bits per heavy atom. The molecular weight excluding hydrogens is 288 g/mol. The Morgan fingerprint density at radius 1 is 1.53 bits per heavy atom. The van der Waals surface area contributed by atoms with Gasteiger partial charge in [-0.3, -0.25) is 10.1 Å². The Morgan fingerprint density at radius 2 is 2.32 bits per heavy atom. The van der Waals surface area contributed by atoms with Crippen molar-refractivity contribution in [1.29, 1.82) is 0 Å². The maximum atomic E-state index is 11.7. The van der Waals surface area contributed by atoms with Crippen molar-refractivity contribution in [2.45, 2.75) is 11.8 Å². The van der Waals surface area contributed by atoms with Crippen molar-refractivity contribution < 1.29 is 9.21 Å². The predicted octanol–water partition coefficient (Wildman–Crippen LogP) is 2.34. The molecule has 0 bridgehead atoms. The largest absolute Gasteiger partial charge is 0.408 e. The molecule has 0 aliphatic carbocycles. The molecule has 8 heteroatoms. The number of aromatic nitrogens is 2. The number of halogens is 1. The van der Waals surface area contributed by atoms with Gasteiger partial charge in [-0.25, -0.2) is 0 Å². The van der Waals surface area contributed by atoms with Crippen molar-refractivity contribution in [2.75, 3.05) is 16.8 Å². The highest BCUT2D eigenvalue weighted by atomic mass is 35.5. The Balaban J connectivity index is 1.91. The number of aryl methyl sites for hydroxylation is 1. The number of hydrogen-bond donors (Lipinski definition) is 2. The lowest BCUT2D eigenvalue weighted by Gasteiger charge is -2.04. The van der Waals surface area contributed by atoms with Crippen molar-refractivity contribution >= 4 is 41.0 Å². The van der Waals surface area contributed by atoms with Crippen LogP contribution in [0.25, 0.3) is 0 Å². The summed E-state index contributed by atoms with van der Waals surface area (Å²) in [7, 11) is 0. The van der Waals surface area contributed by atoms with Gasteiger partial charge in [0.1, 0.15) is 0 Å². The summed E-state index contributed by atoms with van der Waals surface area (Å²) in [5, 5.41) is 10.3. The maximum absolute atomic E-state index is 11.7. The topological polar surface area (TPSA) is 94.0 Å². The van der Waals surface area contributed by atoms with Crippen LogP contribution in [0.4, 0.5) is 11.7 Å². The Hall–Kier alpha value is -1.73. The zero-order valence-electron chi connectivity index (χ0n) is 10.0. The highest BCUT2D eigenvalue weighted by Gasteiger charge is 2.10. The highest BCUT2D eigenvalue weighted by molar-refractivity contribution is 8.00. The monoisotopic (exact) mass is 298 g/mol. The summed E-state index contributed by atoms with van der Waals surface area (Å²) in [5.74, 6) is 0.305. The molecule has 1 aromatic carbocycles. The molecule has 0 fully saturated rings. The summed E-state index contributed by atoms with van der Waals surface area (Å²) in [6.45, 7) is 1.64. The molecule has 1 aromatic heterocycles. The highest BCUT2D eigenvalue weighted by Crippen LogP contribution is 2.28. The van der Waals surface area contributed by atoms with E-state index in [2.05, 4.69) is 15.5 Å². The van der Waals surface area contributed by atoms with Crippen LogP contribution in [-0.2, 0) is 4.79 Å². The van der Waals surface area contributed by atoms with Gasteiger partial charge >= 0.3 is 6.01 Å². The number of nitrogens with one attached hydrogen (secondary N) is 1. The number of carbonyl (C=O) groups is 1. The molecule has 0 saturated carbocycles. The number of nitrogens with two attached hydrogens (primary N) is 1. The number of anilines is 2. The number of nitrogens with zero attached hydrogens (tertiary/aromatic N) is 2. The molecule has 0 aliphatic rings. The number of carbonyl (C=O) groups excluding carboxylic acids is 1. The van der Waals surface area contributed by atoms with E-state index in [0.29, 0.717) is 16.6 Å². The Bertz CT molecular complexity index is 602. The molecule has 19 heavy (non-hydrogen) atoms. The van der Waals surface area contributed by atoms with Gasteiger partial charge in [0, 0.05) is 17.5 Å². The average Bonchev–Trinajstić information content (AvgIpc) is 2.76. The molecule has 2 aromatic rings. The number of rotatable bonds is 4. The summed E-state index contributed by atoms with van der Waals surface area (Å²) in [5.41, 5.74) is 6.25. The van der Waals surface area contributed by atoms with Crippen LogP contribution >= 0.6 is 23.4 Å². The summed E-state index contributed by atoms with van der Waals surface area (Å²) in [6, 6.07) is 5.20. The molecular formula is C11H11ClN4O2S. The van der Waals surface area contributed by atoms with Gasteiger partial charge in [0.05, 0.1) is 10.8 Å². The first-order chi connectivity index (χ1) is 9.04. The lowest BCUT2D eigenvalue weighted by Crippen LogP contribution is -2.14. The number of benzene rings is 1. The fraction of sp³-hybridized carbons (Fsp3) is 0.182. The smallest absolute Gasteiger partial charge is 0.322 e. The Labute approximate surface area is 118 Å². The van der Waals surface area contributed by atoms with Crippen LogP contribution in [0.1, 0.15) is 5.89 Å². The zero-order chi connectivity index (χ0) is 13.8. The van der Waals surface area contributed by atoms with E-state index >= 15 is 0 Å². The summed E-state index contributed by atoms with van der Waals surface area (Å²) in [6.07, 6.45) is 0. The van der Waals surface area contributed by atoms with Crippen LogP contribution < -0.4 is 11.1 Å². The molecule has 0 radical (unpaired) electrons. The van der Waals surface area contributed by atoms with Crippen LogP contribution in [-0.4, -0.2) is 21.9 Å². The fourth-order valence-electron chi connectivity index (χ4n) is 1.28. The normalized spacial score (nSPS) is 10.4. The predicted molar refractivity (Wildman–Crippen MR) is 74.3 cm³/mol. The first-order valence-corrected chi connectivity index (χ1v) is 6.69. The molecule has 6 nitrogen and oxygen atoms in total. The minimum absolute atomic E-state index is 0.0850. The third-order valence-electron chi connectivity index (χ3n) is 2.09. The van der Waals surface area contributed by atoms with Crippen LogP contribution in [0.5, 0.6) is 0 Å². The molecule has 0 unspecified atom stereocenters. The lowest BCUT2D eigenvalue weighted by atomic mass is 10.3. The number of thioether (sulfide) groups is 1. The van der Waals surface area contributed by atoms with E-state index in [4.69, 9.17) is 21.8 Å². The van der Waals surface area contributed by atoms with Gasteiger partial charge in [-0.1, -0.05) is 16.7 Å². The SMILES string of the molecule is Cc1nnc(NC(=O)CSc2cc(N)ccc2Cl)o1. The van der Waals surface area contributed by atoms with Crippen LogP contribution in [0, 0.1) is 6.92 Å². The van der Waals surface area contributed by atoms with Gasteiger partial charge < -0.3 is 10.2 Å². The molecule has 0 spiro atoms. The van der Waals surface area contributed by atoms with Gasteiger partial charge in [-0.05, 0) is 18.2 Å². The standard InChI is InChI=1S/C11H11ClN4O2S/c1-6-15-16-11(18-6)14-10(17)5-19-9-4-7(13)2-3-8(9)12/h2-4H,5,13H2,1H3,(H,14,16,17). The average molecular weight is 299 g/mol. The third kappa shape index (κ3) is 3.87. The van der Waals surface area contributed by atoms with E-state index in [1.807, 2.05) is 0 Å². The molecule has 1 amide bonds. The fourth-order valence-corrected chi connectivity index (χ4v) is 2.34. The third-order valence-corrected chi connectivity index (χ3v) is 3.58. The summed E-state index contributed by atoms with van der Waals surface area (Å²) in [4.78, 5) is 12.4. The first-order valence-electron chi connectivity index (χ1n) is 5.32. The zero-order valence-corrected chi connectivity index (χ0v) is 11.6. The minimum Gasteiger partial charge on any atom is -0.408 e. The van der Waals surface area contributed by atoms with E-state index in [-0.39, 0.29) is 17.7 Å². The summed E-state index contributed by atoms with van der Waals surface area (Å²) < 4.78 is 5.04. The van der Waals surface area contributed by atoms with Crippen molar-refractivity contribution in [3.8, 4) is 0 Å². The van der Waals surface area contributed by atoms with Gasteiger partial charge in [0.15, 0.2) is 0 Å². The second-order valence-corrected chi connectivity index (χ2v) is 5.08. The van der Waals surface area contributed by atoms with E-state index in [1.165, 1.54) is 11.8 Å².